The van der Waals surface area contributed by atoms with Gasteiger partial charge < -0.3 is 15.0 Å². The first-order valence-corrected chi connectivity index (χ1v) is 17.1. The Morgan fingerprint density at radius 3 is 1.93 bits per heavy atom. The van der Waals surface area contributed by atoms with E-state index in [2.05, 4.69) is 40.7 Å². The quantitative estimate of drug-likeness (QED) is 0.107. The third kappa shape index (κ3) is 14.7. The van der Waals surface area contributed by atoms with Gasteiger partial charge in [0.05, 0.1) is 0 Å². The first-order valence-electron chi connectivity index (χ1n) is 16.3. The molecule has 0 aliphatic rings. The zero-order valence-electron chi connectivity index (χ0n) is 25.8. The van der Waals surface area contributed by atoms with E-state index in [4.69, 9.17) is 9.72 Å². The first-order chi connectivity index (χ1) is 20.2. The zero-order chi connectivity index (χ0) is 28.8. The molecule has 1 N–H and O–H groups in total. The first kappa shape index (κ1) is 32.9. The molecule has 5 nitrogen and oxygen atoms in total. The number of nitrogens with one attached hydrogen (secondary N) is 1. The van der Waals surface area contributed by atoms with Crippen molar-refractivity contribution in [1.82, 2.24) is 9.36 Å². The maximum Gasteiger partial charge on any atom is 0.236 e. The molecule has 6 heteroatoms. The van der Waals surface area contributed by atoms with Crippen molar-refractivity contribution in [3.63, 3.8) is 0 Å². The average molecular weight is 579 g/mol. The van der Waals surface area contributed by atoms with Crippen LogP contribution in [0.2, 0.25) is 0 Å². The lowest BCUT2D eigenvalue weighted by molar-refractivity contribution is 0.482. The lowest BCUT2D eigenvalue weighted by Crippen LogP contribution is -2.18. The number of hydrogen-bond donors (Lipinski definition) is 1. The highest BCUT2D eigenvalue weighted by molar-refractivity contribution is 7.09. The van der Waals surface area contributed by atoms with Crippen LogP contribution in [0.5, 0.6) is 11.5 Å². The number of anilines is 2. The number of para-hydroxylation sites is 1. The number of aromatic nitrogens is 2. The van der Waals surface area contributed by atoms with Crippen molar-refractivity contribution in [3.05, 3.63) is 60.2 Å². The molecule has 226 valence electrons. The summed E-state index contributed by atoms with van der Waals surface area (Å²) in [7, 11) is 2.13. The van der Waals surface area contributed by atoms with Gasteiger partial charge in [0.25, 0.3) is 0 Å². The minimum Gasteiger partial charge on any atom is -0.457 e. The molecule has 3 aromatic rings. The monoisotopic (exact) mass is 578 g/mol. The largest absolute Gasteiger partial charge is 0.457 e. The van der Waals surface area contributed by atoms with Crippen LogP contribution in [0.3, 0.4) is 0 Å². The van der Waals surface area contributed by atoms with Crippen molar-refractivity contribution in [3.8, 4) is 11.5 Å². The highest BCUT2D eigenvalue weighted by Crippen LogP contribution is 2.23. The Balaban J connectivity index is 1.17. The summed E-state index contributed by atoms with van der Waals surface area (Å²) in [6, 6.07) is 18.2. The van der Waals surface area contributed by atoms with Gasteiger partial charge in [-0.3, -0.25) is 0 Å². The highest BCUT2D eigenvalue weighted by atomic mass is 32.1. The Labute approximate surface area is 254 Å². The lowest BCUT2D eigenvalue weighted by Gasteiger charge is -2.14. The van der Waals surface area contributed by atoms with Crippen LogP contribution in [0, 0.1) is 0 Å². The number of rotatable bonds is 24. The van der Waals surface area contributed by atoms with Crippen molar-refractivity contribution in [1.29, 1.82) is 0 Å². The SMILES string of the molecule is CCCCCCCCCCCCCCCCCCN(C)c1nc(NCCc2cccc(Oc3ccccc3)c2)ns1. The second kappa shape index (κ2) is 21.2. The molecule has 0 saturated heterocycles. The maximum absolute atomic E-state index is 5.96. The van der Waals surface area contributed by atoms with Crippen molar-refractivity contribution < 1.29 is 4.74 Å². The summed E-state index contributed by atoms with van der Waals surface area (Å²) in [6.07, 6.45) is 23.3. The molecule has 0 spiro atoms. The van der Waals surface area contributed by atoms with E-state index in [0.717, 1.165) is 42.1 Å². The predicted molar refractivity (Wildman–Crippen MR) is 178 cm³/mol. The van der Waals surface area contributed by atoms with Crippen molar-refractivity contribution in [2.24, 2.45) is 0 Å². The predicted octanol–water partition coefficient (Wildman–Crippen LogP) is 10.7. The molecule has 0 unspecified atom stereocenters. The van der Waals surface area contributed by atoms with Crippen LogP contribution < -0.4 is 15.0 Å². The average Bonchev–Trinajstić information content (AvgIpc) is 3.47. The van der Waals surface area contributed by atoms with Crippen molar-refractivity contribution in [2.45, 2.75) is 116 Å². The Morgan fingerprint density at radius 2 is 1.29 bits per heavy atom. The van der Waals surface area contributed by atoms with Crippen LogP contribution in [0.4, 0.5) is 11.1 Å². The van der Waals surface area contributed by atoms with Crippen molar-refractivity contribution >= 4 is 22.6 Å². The van der Waals surface area contributed by atoms with Gasteiger partial charge in [-0.15, -0.1) is 0 Å². The summed E-state index contributed by atoms with van der Waals surface area (Å²) in [5.74, 6) is 2.43. The summed E-state index contributed by atoms with van der Waals surface area (Å²) in [6.45, 7) is 4.12. The molecule has 1 aromatic heterocycles. The Morgan fingerprint density at radius 1 is 0.707 bits per heavy atom. The number of hydrogen-bond acceptors (Lipinski definition) is 6. The van der Waals surface area contributed by atoms with E-state index in [0.29, 0.717) is 0 Å². The van der Waals surface area contributed by atoms with Crippen LogP contribution in [0.15, 0.2) is 54.6 Å². The Hall–Kier alpha value is -2.60. The van der Waals surface area contributed by atoms with Gasteiger partial charge in [0.15, 0.2) is 0 Å². The molecule has 0 bridgehead atoms. The van der Waals surface area contributed by atoms with Crippen LogP contribution in [0.1, 0.15) is 115 Å². The molecule has 2 aromatic carbocycles. The summed E-state index contributed by atoms with van der Waals surface area (Å²) >= 11 is 1.48. The van der Waals surface area contributed by atoms with Crippen LogP contribution in [-0.4, -0.2) is 29.5 Å². The number of benzene rings is 2. The van der Waals surface area contributed by atoms with Gasteiger partial charge in [-0.05, 0) is 42.7 Å². The van der Waals surface area contributed by atoms with Crippen molar-refractivity contribution in [2.75, 3.05) is 30.4 Å². The number of unbranched alkanes of at least 4 members (excludes halogenated alkanes) is 15. The fourth-order valence-electron chi connectivity index (χ4n) is 5.14. The van der Waals surface area contributed by atoms with E-state index in [1.54, 1.807) is 0 Å². The van der Waals surface area contributed by atoms with Crippen LogP contribution in [-0.2, 0) is 6.42 Å². The van der Waals surface area contributed by atoms with E-state index < -0.39 is 0 Å². The summed E-state index contributed by atoms with van der Waals surface area (Å²) in [4.78, 5) is 6.95. The van der Waals surface area contributed by atoms with Gasteiger partial charge in [0.1, 0.15) is 11.5 Å². The van der Waals surface area contributed by atoms with Gasteiger partial charge >= 0.3 is 0 Å². The third-order valence-corrected chi connectivity index (χ3v) is 8.49. The fraction of sp³-hybridized carbons (Fsp3) is 0.600. The number of nitrogens with zero attached hydrogens (tertiary/aromatic N) is 3. The normalized spacial score (nSPS) is 11.1. The molecule has 41 heavy (non-hydrogen) atoms. The second-order valence-corrected chi connectivity index (χ2v) is 12.1. The molecule has 0 fully saturated rings. The summed E-state index contributed by atoms with van der Waals surface area (Å²) in [5.41, 5.74) is 1.22. The number of ether oxygens (including phenoxy) is 1. The molecule has 0 radical (unpaired) electrons. The Kier molecular flexibility index (Phi) is 17.0. The standard InChI is InChI=1S/C35H54N4OS/c1-3-4-5-6-7-8-9-10-11-12-13-14-15-16-17-21-29-39(2)35-37-34(38-41-35)36-28-27-31-23-22-26-33(30-31)40-32-24-19-18-20-25-32/h18-20,22-26,30H,3-17,21,27-29H2,1-2H3,(H,36,38). The van der Waals surface area contributed by atoms with Gasteiger partial charge in [-0.2, -0.15) is 9.36 Å². The molecule has 0 atom stereocenters. The van der Waals surface area contributed by atoms with E-state index in [9.17, 15) is 0 Å². The molecule has 0 amide bonds. The molecule has 0 aliphatic carbocycles. The smallest absolute Gasteiger partial charge is 0.236 e. The van der Waals surface area contributed by atoms with E-state index in [-0.39, 0.29) is 0 Å². The molecular formula is C35H54N4OS. The van der Waals surface area contributed by atoms with E-state index >= 15 is 0 Å². The molecular weight excluding hydrogens is 524 g/mol. The maximum atomic E-state index is 5.96. The van der Waals surface area contributed by atoms with Crippen LogP contribution in [0.25, 0.3) is 0 Å². The molecule has 0 saturated carbocycles. The third-order valence-electron chi connectivity index (χ3n) is 7.66. The second-order valence-electron chi connectivity index (χ2n) is 11.4. The Bertz CT molecular complexity index is 1040. The van der Waals surface area contributed by atoms with Gasteiger partial charge in [-0.25, -0.2) is 0 Å². The van der Waals surface area contributed by atoms with E-state index in [1.165, 1.54) is 120 Å². The summed E-state index contributed by atoms with van der Waals surface area (Å²) < 4.78 is 10.5. The molecule has 0 aliphatic heterocycles. The lowest BCUT2D eigenvalue weighted by atomic mass is 10.0. The topological polar surface area (TPSA) is 50.3 Å². The highest BCUT2D eigenvalue weighted by Gasteiger charge is 2.08. The van der Waals surface area contributed by atoms with Gasteiger partial charge in [0, 0.05) is 31.7 Å². The fourth-order valence-corrected chi connectivity index (χ4v) is 5.77. The molecule has 3 rings (SSSR count). The minimum absolute atomic E-state index is 0.723. The van der Waals surface area contributed by atoms with E-state index in [1.807, 2.05) is 42.5 Å². The summed E-state index contributed by atoms with van der Waals surface area (Å²) in [5, 5.41) is 4.37. The molecule has 1 heterocycles. The van der Waals surface area contributed by atoms with Gasteiger partial charge in [-0.1, -0.05) is 134 Å². The zero-order valence-corrected chi connectivity index (χ0v) is 26.6. The van der Waals surface area contributed by atoms with Gasteiger partial charge in [0.2, 0.25) is 11.1 Å². The van der Waals surface area contributed by atoms with Crippen LogP contribution >= 0.6 is 11.5 Å². The minimum atomic E-state index is 0.723.